The third-order valence-corrected chi connectivity index (χ3v) is 2.76. The first-order valence-electron chi connectivity index (χ1n) is 5.49. The lowest BCUT2D eigenvalue weighted by atomic mass is 10.2. The molecule has 0 bridgehead atoms. The van der Waals surface area contributed by atoms with E-state index in [4.69, 9.17) is 16.0 Å². The van der Waals surface area contributed by atoms with Crippen molar-refractivity contribution < 1.29 is 4.42 Å². The molecule has 0 spiro atoms. The second-order valence-electron chi connectivity index (χ2n) is 3.82. The van der Waals surface area contributed by atoms with E-state index in [0.717, 1.165) is 0 Å². The molecule has 0 saturated carbocycles. The van der Waals surface area contributed by atoms with Crippen LogP contribution in [0.15, 0.2) is 58.3 Å². The van der Waals surface area contributed by atoms with Crippen LogP contribution in [0.3, 0.4) is 0 Å². The van der Waals surface area contributed by atoms with Crippen LogP contribution in [0.4, 0.5) is 0 Å². The van der Waals surface area contributed by atoms with Gasteiger partial charge in [0.25, 0.3) is 10.9 Å². The van der Waals surface area contributed by atoms with Crippen molar-refractivity contribution in [2.45, 2.75) is 0 Å². The van der Waals surface area contributed by atoms with Crippen LogP contribution in [0, 0.1) is 0 Å². The largest absolute Gasteiger partial charge is 0.428 e. The van der Waals surface area contributed by atoms with Crippen molar-refractivity contribution in [2.24, 2.45) is 0 Å². The Labute approximate surface area is 113 Å². The van der Waals surface area contributed by atoms with Gasteiger partial charge in [-0.3, -0.25) is 14.3 Å². The van der Waals surface area contributed by atoms with E-state index >= 15 is 0 Å². The maximum Gasteiger partial charge on any atom is 0.292 e. The Bertz CT molecular complexity index is 779. The Morgan fingerprint density at radius 2 is 2.11 bits per heavy atom. The molecule has 0 aliphatic carbocycles. The summed E-state index contributed by atoms with van der Waals surface area (Å²) in [6.07, 6.45) is 6.41. The molecule has 0 fully saturated rings. The van der Waals surface area contributed by atoms with Crippen molar-refractivity contribution >= 4 is 11.6 Å². The quantitative estimate of drug-likeness (QED) is 0.720. The lowest BCUT2D eigenvalue weighted by molar-refractivity contribution is 0.574. The topological polar surface area (TPSA) is 60.9 Å². The van der Waals surface area contributed by atoms with Crippen molar-refractivity contribution in [1.29, 1.82) is 0 Å². The van der Waals surface area contributed by atoms with Gasteiger partial charge in [-0.15, -0.1) is 0 Å². The van der Waals surface area contributed by atoms with Crippen molar-refractivity contribution in [2.75, 3.05) is 0 Å². The molecular formula is C13H8ClN3O2. The number of hydrogen-bond donors (Lipinski definition) is 0. The van der Waals surface area contributed by atoms with Crippen molar-refractivity contribution in [3.05, 3.63) is 64.8 Å². The van der Waals surface area contributed by atoms with Gasteiger partial charge in [-0.05, 0) is 23.7 Å². The molecule has 5 nitrogen and oxygen atoms in total. The Hall–Kier alpha value is -2.40. The highest BCUT2D eigenvalue weighted by atomic mass is 35.5. The van der Waals surface area contributed by atoms with E-state index < -0.39 is 0 Å². The fraction of sp³-hybridized carbons (Fsp3) is 0. The molecule has 3 heterocycles. The van der Waals surface area contributed by atoms with Crippen LogP contribution in [0.5, 0.6) is 0 Å². The third kappa shape index (κ3) is 2.28. The molecule has 19 heavy (non-hydrogen) atoms. The number of nitrogens with zero attached hydrogens (tertiary/aromatic N) is 3. The van der Waals surface area contributed by atoms with Crippen LogP contribution < -0.4 is 5.56 Å². The molecule has 0 aliphatic rings. The first kappa shape index (κ1) is 11.7. The molecule has 94 valence electrons. The monoisotopic (exact) mass is 273 g/mol. The van der Waals surface area contributed by atoms with Crippen LogP contribution in [-0.4, -0.2) is 14.5 Å². The second kappa shape index (κ2) is 4.70. The predicted octanol–water partition coefficient (Wildman–Crippen LogP) is 2.54. The molecular weight excluding hydrogens is 266 g/mol. The van der Waals surface area contributed by atoms with E-state index in [2.05, 4.69) is 9.97 Å². The van der Waals surface area contributed by atoms with Gasteiger partial charge in [0, 0.05) is 24.0 Å². The zero-order valence-electron chi connectivity index (χ0n) is 9.65. The minimum absolute atomic E-state index is 0.0669. The molecule has 0 atom stereocenters. The number of aromatic nitrogens is 3. The van der Waals surface area contributed by atoms with Crippen LogP contribution in [-0.2, 0) is 0 Å². The molecule has 0 aromatic carbocycles. The number of pyridine rings is 2. The maximum absolute atomic E-state index is 11.7. The SMILES string of the molecule is O=c1ccccn1-c1cncc(-c2cnc(Cl)o2)c1. The summed E-state index contributed by atoms with van der Waals surface area (Å²) in [5, 5.41) is 0.0669. The molecule has 6 heteroatoms. The molecule has 0 aliphatic heterocycles. The summed E-state index contributed by atoms with van der Waals surface area (Å²) in [6, 6.07) is 6.73. The molecule has 3 rings (SSSR count). The van der Waals surface area contributed by atoms with Gasteiger partial charge in [0.1, 0.15) is 0 Å². The third-order valence-electron chi connectivity index (χ3n) is 2.59. The van der Waals surface area contributed by atoms with Gasteiger partial charge in [0.2, 0.25) is 0 Å². The zero-order valence-corrected chi connectivity index (χ0v) is 10.4. The predicted molar refractivity (Wildman–Crippen MR) is 70.3 cm³/mol. The smallest absolute Gasteiger partial charge is 0.292 e. The highest BCUT2D eigenvalue weighted by Gasteiger charge is 2.07. The molecule has 0 saturated heterocycles. The highest BCUT2D eigenvalue weighted by molar-refractivity contribution is 6.27. The molecule has 0 radical (unpaired) electrons. The fourth-order valence-corrected chi connectivity index (χ4v) is 1.85. The minimum atomic E-state index is -0.128. The van der Waals surface area contributed by atoms with E-state index in [-0.39, 0.29) is 10.9 Å². The van der Waals surface area contributed by atoms with Crippen molar-refractivity contribution in [3.8, 4) is 17.0 Å². The van der Waals surface area contributed by atoms with Crippen LogP contribution in [0.1, 0.15) is 0 Å². The van der Waals surface area contributed by atoms with Gasteiger partial charge < -0.3 is 4.42 Å². The Morgan fingerprint density at radius 3 is 2.84 bits per heavy atom. The second-order valence-corrected chi connectivity index (χ2v) is 4.14. The van der Waals surface area contributed by atoms with E-state index in [1.807, 2.05) is 0 Å². The van der Waals surface area contributed by atoms with Gasteiger partial charge in [-0.2, -0.15) is 0 Å². The Kier molecular flexibility index (Phi) is 2.89. The van der Waals surface area contributed by atoms with Crippen molar-refractivity contribution in [3.63, 3.8) is 0 Å². The Morgan fingerprint density at radius 1 is 1.21 bits per heavy atom. The van der Waals surface area contributed by atoms with E-state index in [1.54, 1.807) is 36.8 Å². The van der Waals surface area contributed by atoms with Gasteiger partial charge in [-0.25, -0.2) is 4.98 Å². The summed E-state index contributed by atoms with van der Waals surface area (Å²) in [7, 11) is 0. The fourth-order valence-electron chi connectivity index (χ4n) is 1.72. The van der Waals surface area contributed by atoms with Gasteiger partial charge in [-0.1, -0.05) is 6.07 Å². The molecule has 0 N–H and O–H groups in total. The lowest BCUT2D eigenvalue weighted by Gasteiger charge is -2.05. The maximum atomic E-state index is 11.7. The van der Waals surface area contributed by atoms with Crippen LogP contribution in [0.25, 0.3) is 17.0 Å². The Balaban J connectivity index is 2.11. The standard InChI is InChI=1S/C13H8ClN3O2/c14-13-16-8-11(19-13)9-5-10(7-15-6-9)17-4-2-1-3-12(17)18/h1-8H. The molecule has 3 aromatic heterocycles. The minimum Gasteiger partial charge on any atom is -0.428 e. The van der Waals surface area contributed by atoms with Gasteiger partial charge in [0.15, 0.2) is 5.76 Å². The zero-order chi connectivity index (χ0) is 13.2. The summed E-state index contributed by atoms with van der Waals surface area (Å²) < 4.78 is 6.71. The molecule has 0 unspecified atom stereocenters. The highest BCUT2D eigenvalue weighted by Crippen LogP contribution is 2.23. The number of hydrogen-bond acceptors (Lipinski definition) is 4. The van der Waals surface area contributed by atoms with Crippen LogP contribution in [0.2, 0.25) is 5.35 Å². The average molecular weight is 274 g/mol. The average Bonchev–Trinajstić information content (AvgIpc) is 2.86. The summed E-state index contributed by atoms with van der Waals surface area (Å²) in [4.78, 5) is 19.7. The lowest BCUT2D eigenvalue weighted by Crippen LogP contribution is -2.15. The summed E-state index contributed by atoms with van der Waals surface area (Å²) >= 11 is 5.64. The number of halogens is 1. The van der Waals surface area contributed by atoms with Crippen LogP contribution >= 0.6 is 11.6 Å². The van der Waals surface area contributed by atoms with E-state index in [9.17, 15) is 4.79 Å². The van der Waals surface area contributed by atoms with Crippen molar-refractivity contribution in [1.82, 2.24) is 14.5 Å². The summed E-state index contributed by atoms with van der Waals surface area (Å²) in [5.74, 6) is 0.503. The number of rotatable bonds is 2. The van der Waals surface area contributed by atoms with Gasteiger partial charge in [0.05, 0.1) is 18.1 Å². The van der Waals surface area contributed by atoms with E-state index in [1.165, 1.54) is 16.8 Å². The number of oxazole rings is 1. The normalized spacial score (nSPS) is 10.6. The first-order chi connectivity index (χ1) is 9.24. The molecule has 3 aromatic rings. The summed E-state index contributed by atoms with van der Waals surface area (Å²) in [6.45, 7) is 0. The summed E-state index contributed by atoms with van der Waals surface area (Å²) in [5.41, 5.74) is 1.22. The van der Waals surface area contributed by atoms with Gasteiger partial charge >= 0.3 is 0 Å². The first-order valence-corrected chi connectivity index (χ1v) is 5.86. The molecule has 0 amide bonds. The van der Waals surface area contributed by atoms with E-state index in [0.29, 0.717) is 17.0 Å².